The molecule has 0 aromatic carbocycles. The smallest absolute Gasteiger partial charge is 0.0142 e. The third-order valence-electron chi connectivity index (χ3n) is 3.09. The highest BCUT2D eigenvalue weighted by molar-refractivity contribution is 5.06. The van der Waals surface area contributed by atoms with E-state index in [9.17, 15) is 0 Å². The lowest BCUT2D eigenvalue weighted by Gasteiger charge is -2.00. The number of allylic oxidation sites excluding steroid dienone is 5. The van der Waals surface area contributed by atoms with Crippen molar-refractivity contribution in [3.63, 3.8) is 0 Å². The average Bonchev–Trinajstić information content (AvgIpc) is 2.35. The lowest BCUT2D eigenvalue weighted by Crippen LogP contribution is -1.80. The first-order chi connectivity index (χ1) is 8.35. The molecule has 0 aromatic rings. The van der Waals surface area contributed by atoms with Crippen molar-refractivity contribution >= 4 is 0 Å². The molecule has 0 heteroatoms. The third-order valence-corrected chi connectivity index (χ3v) is 3.09. The molecule has 0 amide bonds. The summed E-state index contributed by atoms with van der Waals surface area (Å²) in [6.07, 6.45) is 20.5. The Balaban J connectivity index is 3.38. The monoisotopic (exact) mass is 234 g/mol. The van der Waals surface area contributed by atoms with Crippen LogP contribution in [0, 0.1) is 0 Å². The topological polar surface area (TPSA) is 0 Å². The second-order valence-electron chi connectivity index (χ2n) is 4.65. The molecule has 0 heterocycles. The molecular weight excluding hydrogens is 204 g/mol. The first-order valence-electron chi connectivity index (χ1n) is 7.25. The molecular formula is C17H30. The van der Waals surface area contributed by atoms with Crippen molar-refractivity contribution in [2.45, 2.75) is 71.6 Å². The lowest BCUT2D eigenvalue weighted by molar-refractivity contribution is 0.637. The zero-order valence-corrected chi connectivity index (χ0v) is 11.9. The van der Waals surface area contributed by atoms with E-state index < -0.39 is 0 Å². The molecule has 17 heavy (non-hydrogen) atoms. The number of hydrogen-bond donors (Lipinski definition) is 0. The molecule has 0 aliphatic heterocycles. The maximum absolute atomic E-state index is 3.78. The third kappa shape index (κ3) is 11.5. The van der Waals surface area contributed by atoms with Crippen LogP contribution < -0.4 is 0 Å². The van der Waals surface area contributed by atoms with Gasteiger partial charge in [-0.15, -0.1) is 6.58 Å². The maximum Gasteiger partial charge on any atom is -0.0142 e. The molecule has 0 aliphatic carbocycles. The van der Waals surface area contributed by atoms with Crippen molar-refractivity contribution in [2.75, 3.05) is 0 Å². The first-order valence-corrected chi connectivity index (χ1v) is 7.25. The van der Waals surface area contributed by atoms with Gasteiger partial charge in [0.25, 0.3) is 0 Å². The molecule has 0 unspecified atom stereocenters. The summed E-state index contributed by atoms with van der Waals surface area (Å²) >= 11 is 0. The molecule has 0 aliphatic rings. The van der Waals surface area contributed by atoms with Gasteiger partial charge < -0.3 is 0 Å². The Morgan fingerprint density at radius 3 is 2.35 bits per heavy atom. The van der Waals surface area contributed by atoms with Crippen molar-refractivity contribution in [3.05, 3.63) is 36.5 Å². The Bertz CT molecular complexity index is 220. The highest BCUT2D eigenvalue weighted by atomic mass is 14.0. The summed E-state index contributed by atoms with van der Waals surface area (Å²) in [5, 5.41) is 0. The number of unbranched alkanes of at least 4 members (excludes halogenated alkanes) is 5. The predicted octanol–water partition coefficient (Wildman–Crippen LogP) is 6.21. The standard InChI is InChI=1S/C17H30/c1-4-7-8-9-10-11-12-13-14-16-17(6-3)15-5-2/h5-6,12-13H,2,4,7-11,14-16H2,1,3H3. The highest BCUT2D eigenvalue weighted by Gasteiger charge is 1.91. The van der Waals surface area contributed by atoms with Crippen LogP contribution in [0.1, 0.15) is 71.6 Å². The van der Waals surface area contributed by atoms with Crippen molar-refractivity contribution in [1.29, 1.82) is 0 Å². The summed E-state index contributed by atoms with van der Waals surface area (Å²) in [4.78, 5) is 0. The van der Waals surface area contributed by atoms with Gasteiger partial charge in [0, 0.05) is 0 Å². The van der Waals surface area contributed by atoms with Gasteiger partial charge in [-0.3, -0.25) is 0 Å². The normalized spacial score (nSPS) is 12.2. The van der Waals surface area contributed by atoms with E-state index in [1.165, 1.54) is 56.9 Å². The largest absolute Gasteiger partial charge is 0.103 e. The van der Waals surface area contributed by atoms with Crippen molar-refractivity contribution in [3.8, 4) is 0 Å². The number of rotatable bonds is 11. The molecule has 0 N–H and O–H groups in total. The Hall–Kier alpha value is -0.780. The van der Waals surface area contributed by atoms with E-state index in [1.54, 1.807) is 0 Å². The zero-order chi connectivity index (χ0) is 12.8. The summed E-state index contributed by atoms with van der Waals surface area (Å²) in [5.74, 6) is 0. The van der Waals surface area contributed by atoms with Crippen LogP contribution in [0.5, 0.6) is 0 Å². The van der Waals surface area contributed by atoms with Crippen LogP contribution >= 0.6 is 0 Å². The minimum atomic E-state index is 1.04. The molecule has 0 spiro atoms. The Kier molecular flexibility index (Phi) is 12.7. The Morgan fingerprint density at radius 1 is 1.00 bits per heavy atom. The second-order valence-corrected chi connectivity index (χ2v) is 4.65. The number of hydrogen-bond acceptors (Lipinski definition) is 0. The van der Waals surface area contributed by atoms with E-state index >= 15 is 0 Å². The maximum atomic E-state index is 3.78. The zero-order valence-electron chi connectivity index (χ0n) is 11.9. The minimum Gasteiger partial charge on any atom is -0.103 e. The van der Waals surface area contributed by atoms with E-state index in [2.05, 4.69) is 38.7 Å². The lowest BCUT2D eigenvalue weighted by atomic mass is 10.1. The van der Waals surface area contributed by atoms with E-state index in [0.29, 0.717) is 0 Å². The molecule has 0 saturated heterocycles. The van der Waals surface area contributed by atoms with Gasteiger partial charge in [-0.25, -0.2) is 0 Å². The Morgan fingerprint density at radius 2 is 1.71 bits per heavy atom. The van der Waals surface area contributed by atoms with Crippen LogP contribution in [0.25, 0.3) is 0 Å². The van der Waals surface area contributed by atoms with E-state index in [0.717, 1.165) is 6.42 Å². The summed E-state index contributed by atoms with van der Waals surface area (Å²) in [5.41, 5.74) is 1.51. The molecule has 0 bridgehead atoms. The fourth-order valence-electron chi connectivity index (χ4n) is 1.92. The van der Waals surface area contributed by atoms with Crippen LogP contribution in [-0.4, -0.2) is 0 Å². The molecule has 98 valence electrons. The van der Waals surface area contributed by atoms with Crippen LogP contribution in [0.2, 0.25) is 0 Å². The van der Waals surface area contributed by atoms with E-state index in [4.69, 9.17) is 0 Å². The van der Waals surface area contributed by atoms with Crippen LogP contribution in [0.4, 0.5) is 0 Å². The van der Waals surface area contributed by atoms with E-state index in [-0.39, 0.29) is 0 Å². The van der Waals surface area contributed by atoms with Gasteiger partial charge in [0.05, 0.1) is 0 Å². The SMILES string of the molecule is C=CCC(=CC)CCC=CCCCCCCC. The van der Waals surface area contributed by atoms with Gasteiger partial charge in [-0.2, -0.15) is 0 Å². The molecule has 0 fully saturated rings. The van der Waals surface area contributed by atoms with Gasteiger partial charge in [0.2, 0.25) is 0 Å². The quantitative estimate of drug-likeness (QED) is 0.295. The molecule has 0 radical (unpaired) electrons. The summed E-state index contributed by atoms with van der Waals surface area (Å²) in [6.45, 7) is 8.17. The van der Waals surface area contributed by atoms with E-state index in [1.807, 2.05) is 6.08 Å². The molecule has 0 rings (SSSR count). The summed E-state index contributed by atoms with van der Waals surface area (Å²) in [7, 11) is 0. The van der Waals surface area contributed by atoms with Crippen molar-refractivity contribution < 1.29 is 0 Å². The molecule has 0 nitrogen and oxygen atoms in total. The minimum absolute atomic E-state index is 1.04. The van der Waals surface area contributed by atoms with Crippen LogP contribution in [0.3, 0.4) is 0 Å². The molecule has 0 aromatic heterocycles. The van der Waals surface area contributed by atoms with Crippen LogP contribution in [0.15, 0.2) is 36.5 Å². The molecule has 0 atom stereocenters. The van der Waals surface area contributed by atoms with Gasteiger partial charge in [-0.05, 0) is 39.0 Å². The van der Waals surface area contributed by atoms with Gasteiger partial charge in [0.1, 0.15) is 0 Å². The molecule has 0 saturated carbocycles. The highest BCUT2D eigenvalue weighted by Crippen LogP contribution is 2.11. The Labute approximate surface area is 109 Å². The van der Waals surface area contributed by atoms with Crippen molar-refractivity contribution in [2.24, 2.45) is 0 Å². The fourth-order valence-corrected chi connectivity index (χ4v) is 1.92. The average molecular weight is 234 g/mol. The predicted molar refractivity (Wildman–Crippen MR) is 80.3 cm³/mol. The summed E-state index contributed by atoms with van der Waals surface area (Å²) in [6, 6.07) is 0. The summed E-state index contributed by atoms with van der Waals surface area (Å²) < 4.78 is 0. The second kappa shape index (κ2) is 13.3. The fraction of sp³-hybridized carbons (Fsp3) is 0.647. The van der Waals surface area contributed by atoms with Gasteiger partial charge in [0.15, 0.2) is 0 Å². The first kappa shape index (κ1) is 16.2. The van der Waals surface area contributed by atoms with Gasteiger partial charge >= 0.3 is 0 Å². The van der Waals surface area contributed by atoms with Gasteiger partial charge in [-0.1, -0.05) is 62.5 Å². The van der Waals surface area contributed by atoms with Crippen LogP contribution in [-0.2, 0) is 0 Å². The van der Waals surface area contributed by atoms with Crippen molar-refractivity contribution in [1.82, 2.24) is 0 Å².